The average Bonchev–Trinajstić information content (AvgIpc) is 2.58. The van der Waals surface area contributed by atoms with E-state index in [9.17, 15) is 0 Å². The lowest BCUT2D eigenvalue weighted by atomic mass is 10.1. The van der Waals surface area contributed by atoms with Crippen molar-refractivity contribution in [3.05, 3.63) is 0 Å². The van der Waals surface area contributed by atoms with Crippen LogP contribution in [-0.4, -0.2) is 11.7 Å². The summed E-state index contributed by atoms with van der Waals surface area (Å²) in [7, 11) is 0. The van der Waals surface area contributed by atoms with E-state index in [1.165, 1.54) is 6.42 Å². The van der Waals surface area contributed by atoms with Gasteiger partial charge < -0.3 is 5.11 Å². The number of hydrogen-bond acceptors (Lipinski definition) is 1. The highest BCUT2D eigenvalue weighted by molar-refractivity contribution is 5.26. The molecule has 44 valence electrons. The normalized spacial score (nSPS) is 72.4. The van der Waals surface area contributed by atoms with Gasteiger partial charge >= 0.3 is 0 Å². The van der Waals surface area contributed by atoms with Crippen molar-refractivity contribution in [2.45, 2.75) is 6.42 Å². The minimum absolute atomic E-state index is 0.466. The van der Waals surface area contributed by atoms with Gasteiger partial charge in [-0.15, -0.1) is 0 Å². The lowest BCUT2D eigenvalue weighted by Crippen LogP contribution is -2.01. The summed E-state index contributed by atoms with van der Waals surface area (Å²) in [6.07, 6.45) is 1.36. The molecule has 4 saturated carbocycles. The molecule has 0 aromatic heterocycles. The predicted octanol–water partition coefficient (Wildman–Crippen LogP) is 0.491. The first-order valence-corrected chi connectivity index (χ1v) is 3.54. The summed E-state index contributed by atoms with van der Waals surface area (Å²) in [4.78, 5) is 0. The predicted molar refractivity (Wildman–Crippen MR) is 29.2 cm³/mol. The van der Waals surface area contributed by atoms with Gasteiger partial charge in [0.15, 0.2) is 0 Å². The summed E-state index contributed by atoms with van der Waals surface area (Å²) in [5.74, 6) is 5.07. The fraction of sp³-hybridized carbons (Fsp3) is 1.00. The highest BCUT2D eigenvalue weighted by Crippen LogP contribution is 2.83. The average molecular weight is 110 g/mol. The monoisotopic (exact) mass is 110 g/mol. The molecule has 0 aliphatic heterocycles. The van der Waals surface area contributed by atoms with E-state index in [0.717, 1.165) is 29.6 Å². The third-order valence-electron chi connectivity index (χ3n) is 3.39. The minimum atomic E-state index is 0.466. The Labute approximate surface area is 48.7 Å². The van der Waals surface area contributed by atoms with Crippen LogP contribution in [0.25, 0.3) is 0 Å². The van der Waals surface area contributed by atoms with E-state index in [-0.39, 0.29) is 0 Å². The Morgan fingerprint density at radius 3 is 2.25 bits per heavy atom. The van der Waals surface area contributed by atoms with Crippen LogP contribution in [-0.2, 0) is 0 Å². The lowest BCUT2D eigenvalue weighted by molar-refractivity contribution is 0.221. The molecule has 4 fully saturated rings. The fourth-order valence-electron chi connectivity index (χ4n) is 2.88. The summed E-state index contributed by atoms with van der Waals surface area (Å²) >= 11 is 0. The molecule has 4 aliphatic rings. The van der Waals surface area contributed by atoms with E-state index in [0.29, 0.717) is 6.61 Å². The van der Waals surface area contributed by atoms with Crippen LogP contribution in [0.2, 0.25) is 0 Å². The van der Waals surface area contributed by atoms with Gasteiger partial charge in [0, 0.05) is 6.61 Å². The summed E-state index contributed by atoms with van der Waals surface area (Å²) in [6, 6.07) is 0. The van der Waals surface area contributed by atoms with E-state index in [2.05, 4.69) is 0 Å². The summed E-state index contributed by atoms with van der Waals surface area (Å²) < 4.78 is 0. The van der Waals surface area contributed by atoms with Crippen LogP contribution >= 0.6 is 0 Å². The van der Waals surface area contributed by atoms with Crippen molar-refractivity contribution in [3.8, 4) is 0 Å². The molecular weight excluding hydrogens is 100 g/mol. The zero-order valence-corrected chi connectivity index (χ0v) is 4.75. The second-order valence-electron chi connectivity index (χ2n) is 3.57. The standard InChI is InChI=1S/C7H10O/c8-2-3-1-4-6-5(3)7(4)6/h3-8H,1-2H2. The first kappa shape index (κ1) is 3.89. The minimum Gasteiger partial charge on any atom is -0.396 e. The third-order valence-corrected chi connectivity index (χ3v) is 3.39. The third kappa shape index (κ3) is 0.218. The molecule has 4 aliphatic carbocycles. The molecule has 0 aromatic rings. The number of hydrogen-bond donors (Lipinski definition) is 1. The van der Waals surface area contributed by atoms with Gasteiger partial charge in [-0.1, -0.05) is 0 Å². The second-order valence-corrected chi connectivity index (χ2v) is 3.57. The molecule has 4 rings (SSSR count). The van der Waals surface area contributed by atoms with Crippen molar-refractivity contribution in [2.75, 3.05) is 6.61 Å². The van der Waals surface area contributed by atoms with Crippen LogP contribution in [0.15, 0.2) is 0 Å². The van der Waals surface area contributed by atoms with Gasteiger partial charge in [-0.05, 0) is 36.0 Å². The van der Waals surface area contributed by atoms with Crippen molar-refractivity contribution in [2.24, 2.45) is 29.6 Å². The van der Waals surface area contributed by atoms with Gasteiger partial charge in [-0.25, -0.2) is 0 Å². The van der Waals surface area contributed by atoms with Gasteiger partial charge in [-0.3, -0.25) is 0 Å². The molecule has 0 heterocycles. The summed E-state index contributed by atoms with van der Waals surface area (Å²) in [5.41, 5.74) is 0. The van der Waals surface area contributed by atoms with Crippen molar-refractivity contribution >= 4 is 0 Å². The number of rotatable bonds is 1. The fourth-order valence-corrected chi connectivity index (χ4v) is 2.88. The van der Waals surface area contributed by atoms with Crippen LogP contribution in [0.1, 0.15) is 6.42 Å². The summed E-state index contributed by atoms with van der Waals surface area (Å²) in [5, 5.41) is 8.78. The Hall–Kier alpha value is -0.0400. The van der Waals surface area contributed by atoms with E-state index in [1.54, 1.807) is 0 Å². The number of aliphatic hydroxyl groups is 1. The quantitative estimate of drug-likeness (QED) is 0.521. The molecule has 2 bridgehead atoms. The number of aliphatic hydroxyl groups excluding tert-OH is 1. The number of fused-ring (bicyclic) bond motifs is 1. The Morgan fingerprint density at radius 1 is 1.25 bits per heavy atom. The molecule has 3 atom stereocenters. The largest absolute Gasteiger partial charge is 0.396 e. The first-order chi connectivity index (χ1) is 3.93. The summed E-state index contributed by atoms with van der Waals surface area (Å²) in [6.45, 7) is 0.466. The molecular formula is C7H10O. The molecule has 3 unspecified atom stereocenters. The first-order valence-electron chi connectivity index (χ1n) is 3.54. The van der Waals surface area contributed by atoms with Crippen LogP contribution < -0.4 is 0 Å². The van der Waals surface area contributed by atoms with Gasteiger partial charge in [0.25, 0.3) is 0 Å². The second kappa shape index (κ2) is 0.860. The van der Waals surface area contributed by atoms with Gasteiger partial charge in [0.1, 0.15) is 0 Å². The van der Waals surface area contributed by atoms with Crippen LogP contribution in [0.3, 0.4) is 0 Å². The van der Waals surface area contributed by atoms with Gasteiger partial charge in [0.2, 0.25) is 0 Å². The Balaban J connectivity index is 1.87. The van der Waals surface area contributed by atoms with Crippen LogP contribution in [0.5, 0.6) is 0 Å². The molecule has 0 aromatic carbocycles. The van der Waals surface area contributed by atoms with E-state index in [1.807, 2.05) is 0 Å². The van der Waals surface area contributed by atoms with E-state index in [4.69, 9.17) is 5.11 Å². The van der Waals surface area contributed by atoms with Crippen molar-refractivity contribution in [1.82, 2.24) is 0 Å². The smallest absolute Gasteiger partial charge is 0.0462 e. The molecule has 1 N–H and O–H groups in total. The molecule has 1 nitrogen and oxygen atoms in total. The zero-order chi connectivity index (χ0) is 5.30. The molecule has 0 amide bonds. The maximum absolute atomic E-state index is 8.78. The molecule has 0 radical (unpaired) electrons. The molecule has 0 saturated heterocycles. The Kier molecular flexibility index (Phi) is 0.418. The van der Waals surface area contributed by atoms with Crippen LogP contribution in [0.4, 0.5) is 0 Å². The lowest BCUT2D eigenvalue weighted by Gasteiger charge is -2.00. The van der Waals surface area contributed by atoms with Crippen LogP contribution in [0, 0.1) is 29.6 Å². The highest BCUT2D eigenvalue weighted by Gasteiger charge is 2.79. The van der Waals surface area contributed by atoms with Crippen molar-refractivity contribution in [1.29, 1.82) is 0 Å². The Morgan fingerprint density at radius 2 is 2.00 bits per heavy atom. The highest BCUT2D eigenvalue weighted by atomic mass is 16.3. The topological polar surface area (TPSA) is 20.2 Å². The molecule has 0 spiro atoms. The SMILES string of the molecule is OCC1CC2C3C1C23. The Bertz CT molecular complexity index is 127. The van der Waals surface area contributed by atoms with Gasteiger partial charge in [0.05, 0.1) is 0 Å². The van der Waals surface area contributed by atoms with E-state index < -0.39 is 0 Å². The maximum atomic E-state index is 8.78. The van der Waals surface area contributed by atoms with E-state index >= 15 is 0 Å². The van der Waals surface area contributed by atoms with Gasteiger partial charge in [-0.2, -0.15) is 0 Å². The molecule has 1 heteroatoms. The maximum Gasteiger partial charge on any atom is 0.0462 e. The van der Waals surface area contributed by atoms with Crippen molar-refractivity contribution < 1.29 is 5.11 Å². The van der Waals surface area contributed by atoms with Crippen molar-refractivity contribution in [3.63, 3.8) is 0 Å². The molecule has 8 heavy (non-hydrogen) atoms. The zero-order valence-electron chi connectivity index (χ0n) is 4.75.